The van der Waals surface area contributed by atoms with E-state index in [1.54, 1.807) is 30.5 Å². The van der Waals surface area contributed by atoms with Gasteiger partial charge in [-0.2, -0.15) is 0 Å². The van der Waals surface area contributed by atoms with Gasteiger partial charge in [0.05, 0.1) is 10.0 Å². The van der Waals surface area contributed by atoms with Gasteiger partial charge in [-0.15, -0.1) is 0 Å². The van der Waals surface area contributed by atoms with Crippen molar-refractivity contribution < 1.29 is 9.90 Å². The molecule has 0 aliphatic heterocycles. The van der Waals surface area contributed by atoms with E-state index in [9.17, 15) is 9.90 Å². The number of pyridine rings is 1. The maximum Gasteiger partial charge on any atom is 0.260 e. The largest absolute Gasteiger partial charge is 0.507 e. The van der Waals surface area contributed by atoms with Gasteiger partial charge in [0, 0.05) is 10.7 Å². The van der Waals surface area contributed by atoms with E-state index in [1.807, 2.05) is 0 Å². The summed E-state index contributed by atoms with van der Waals surface area (Å²) >= 11 is 6.53. The number of hydrogen-bond donors (Lipinski definition) is 2. The molecule has 0 spiro atoms. The summed E-state index contributed by atoms with van der Waals surface area (Å²) in [5.41, 5.74) is 0.182. The van der Waals surface area contributed by atoms with Gasteiger partial charge in [0.2, 0.25) is 0 Å². The van der Waals surface area contributed by atoms with E-state index in [2.05, 4.69) is 42.2 Å². The van der Waals surface area contributed by atoms with Crippen LogP contribution in [0.25, 0.3) is 0 Å². The van der Waals surface area contributed by atoms with E-state index < -0.39 is 5.91 Å². The average molecular weight is 372 g/mol. The van der Waals surface area contributed by atoms with Crippen LogP contribution in [0.15, 0.2) is 45.5 Å². The number of rotatable bonds is 2. The minimum atomic E-state index is -0.423. The van der Waals surface area contributed by atoms with Crippen molar-refractivity contribution in [3.8, 4) is 5.75 Å². The van der Waals surface area contributed by atoms with Crippen LogP contribution in [0.3, 0.4) is 0 Å². The lowest BCUT2D eigenvalue weighted by Gasteiger charge is -2.07. The highest BCUT2D eigenvalue weighted by Crippen LogP contribution is 2.24. The molecule has 0 unspecified atom stereocenters. The van der Waals surface area contributed by atoms with Gasteiger partial charge >= 0.3 is 0 Å². The normalized spacial score (nSPS) is 10.1. The molecule has 1 aromatic carbocycles. The summed E-state index contributed by atoms with van der Waals surface area (Å²) in [4.78, 5) is 16.0. The van der Waals surface area contributed by atoms with E-state index in [0.717, 1.165) is 0 Å². The zero-order valence-electron chi connectivity index (χ0n) is 9.02. The summed E-state index contributed by atoms with van der Waals surface area (Å²) < 4.78 is 1.39. The summed E-state index contributed by atoms with van der Waals surface area (Å²) in [6.45, 7) is 0. The molecule has 0 aliphatic carbocycles. The predicted molar refractivity (Wildman–Crippen MR) is 75.7 cm³/mol. The van der Waals surface area contributed by atoms with Crippen molar-refractivity contribution in [2.75, 3.05) is 5.32 Å². The number of nitrogens with zero attached hydrogens (tertiary/aromatic N) is 1. The summed E-state index contributed by atoms with van der Waals surface area (Å²) in [5.74, 6) is -0.0992. The molecule has 0 saturated heterocycles. The van der Waals surface area contributed by atoms with Gasteiger partial charge in [0.25, 0.3) is 5.91 Å². The molecule has 1 aromatic heterocycles. The molecule has 0 saturated carbocycles. The van der Waals surface area contributed by atoms with Crippen LogP contribution in [0.1, 0.15) is 10.4 Å². The van der Waals surface area contributed by atoms with Crippen LogP contribution in [-0.2, 0) is 0 Å². The van der Waals surface area contributed by atoms with Crippen LogP contribution in [0, 0.1) is 0 Å². The molecule has 2 rings (SSSR count). The summed E-state index contributed by atoms with van der Waals surface area (Å²) in [6, 6.07) is 8.16. The molecule has 2 N–H and O–H groups in total. The van der Waals surface area contributed by atoms with Crippen molar-refractivity contribution in [1.82, 2.24) is 4.98 Å². The molecule has 0 atom stereocenters. The molecule has 0 radical (unpaired) electrons. The van der Waals surface area contributed by atoms with Crippen molar-refractivity contribution in [2.45, 2.75) is 0 Å². The topological polar surface area (TPSA) is 62.2 Å². The maximum absolute atomic E-state index is 12.0. The predicted octanol–water partition coefficient (Wildman–Crippen LogP) is 3.56. The van der Waals surface area contributed by atoms with Crippen LogP contribution in [-0.4, -0.2) is 16.0 Å². The van der Waals surface area contributed by atoms with Gasteiger partial charge in [0.15, 0.2) is 0 Å². The summed E-state index contributed by atoms with van der Waals surface area (Å²) in [7, 11) is 0. The van der Waals surface area contributed by atoms with Crippen molar-refractivity contribution >= 4 is 43.6 Å². The van der Waals surface area contributed by atoms with Gasteiger partial charge in [-0.05, 0) is 46.3 Å². The zero-order chi connectivity index (χ0) is 13.1. The lowest BCUT2D eigenvalue weighted by Crippen LogP contribution is -2.13. The Balaban J connectivity index is 2.28. The first kappa shape index (κ1) is 13.0. The van der Waals surface area contributed by atoms with Gasteiger partial charge in [-0.25, -0.2) is 4.98 Å². The first-order valence-corrected chi connectivity index (χ1v) is 6.57. The molecule has 4 nitrogen and oxygen atoms in total. The number of nitrogens with one attached hydrogen (secondary N) is 1. The quantitative estimate of drug-likeness (QED) is 0.848. The van der Waals surface area contributed by atoms with Crippen LogP contribution < -0.4 is 5.32 Å². The van der Waals surface area contributed by atoms with Crippen LogP contribution in [0.2, 0.25) is 0 Å². The third-order valence-electron chi connectivity index (χ3n) is 2.19. The fourth-order valence-corrected chi connectivity index (χ4v) is 2.06. The molecule has 2 aromatic rings. The molecule has 6 heteroatoms. The minimum absolute atomic E-state index is 0.0808. The number of anilines is 1. The number of benzene rings is 1. The molecule has 18 heavy (non-hydrogen) atoms. The van der Waals surface area contributed by atoms with Gasteiger partial charge in [-0.3, -0.25) is 4.79 Å². The first-order valence-electron chi connectivity index (χ1n) is 4.98. The number of phenolic OH excluding ortho intramolecular Hbond substituents is 1. The number of halogens is 2. The molecule has 1 heterocycles. The fraction of sp³-hybridized carbons (Fsp3) is 0. The van der Waals surface area contributed by atoms with Crippen molar-refractivity contribution in [1.29, 1.82) is 0 Å². The van der Waals surface area contributed by atoms with E-state index in [4.69, 9.17) is 0 Å². The van der Waals surface area contributed by atoms with E-state index in [1.165, 1.54) is 6.07 Å². The van der Waals surface area contributed by atoms with E-state index in [-0.39, 0.29) is 11.3 Å². The number of aromatic nitrogens is 1. The van der Waals surface area contributed by atoms with Crippen molar-refractivity contribution in [3.63, 3.8) is 0 Å². The highest BCUT2D eigenvalue weighted by atomic mass is 79.9. The zero-order valence-corrected chi connectivity index (χ0v) is 12.2. The molecule has 0 aliphatic rings. The lowest BCUT2D eigenvalue weighted by molar-refractivity contribution is 0.102. The van der Waals surface area contributed by atoms with Crippen LogP contribution in [0.5, 0.6) is 5.75 Å². The maximum atomic E-state index is 12.0. The Morgan fingerprint density at radius 1 is 1.28 bits per heavy atom. The molecular weight excluding hydrogens is 364 g/mol. The standard InChI is InChI=1S/C12H8Br2N2O2/c13-7-3-4-10(17)8(6-7)12(18)16-11-9(14)2-1-5-15-11/h1-6,17H,(H,15,16,18). The van der Waals surface area contributed by atoms with Gasteiger partial charge < -0.3 is 10.4 Å². The van der Waals surface area contributed by atoms with Gasteiger partial charge in [0.1, 0.15) is 11.6 Å². The third-order valence-corrected chi connectivity index (χ3v) is 3.33. The number of carbonyl (C=O) groups is 1. The highest BCUT2D eigenvalue weighted by molar-refractivity contribution is 9.10. The first-order chi connectivity index (χ1) is 8.58. The number of aromatic hydroxyl groups is 1. The van der Waals surface area contributed by atoms with Crippen LogP contribution >= 0.6 is 31.9 Å². The Morgan fingerprint density at radius 2 is 2.06 bits per heavy atom. The van der Waals surface area contributed by atoms with E-state index >= 15 is 0 Å². The Morgan fingerprint density at radius 3 is 2.78 bits per heavy atom. The number of hydrogen-bond acceptors (Lipinski definition) is 3. The monoisotopic (exact) mass is 370 g/mol. The second-order valence-electron chi connectivity index (χ2n) is 3.45. The molecular formula is C12H8Br2N2O2. The SMILES string of the molecule is O=C(Nc1ncccc1Br)c1cc(Br)ccc1O. The average Bonchev–Trinajstić information content (AvgIpc) is 2.35. The lowest BCUT2D eigenvalue weighted by atomic mass is 10.2. The second-order valence-corrected chi connectivity index (χ2v) is 5.22. The summed E-state index contributed by atoms with van der Waals surface area (Å²) in [6.07, 6.45) is 1.57. The Kier molecular flexibility index (Phi) is 3.98. The number of amides is 1. The molecule has 0 bridgehead atoms. The Labute approximate surface area is 120 Å². The Hall–Kier alpha value is -1.40. The number of phenols is 1. The Bertz CT molecular complexity index is 602. The summed E-state index contributed by atoms with van der Waals surface area (Å²) in [5, 5.41) is 12.3. The fourth-order valence-electron chi connectivity index (χ4n) is 1.34. The molecule has 1 amide bonds. The smallest absolute Gasteiger partial charge is 0.260 e. The number of carbonyl (C=O) groups excluding carboxylic acids is 1. The molecule has 0 fully saturated rings. The molecule has 92 valence electrons. The third kappa shape index (κ3) is 2.88. The second kappa shape index (κ2) is 5.49. The van der Waals surface area contributed by atoms with Crippen LogP contribution in [0.4, 0.5) is 5.82 Å². The van der Waals surface area contributed by atoms with E-state index in [0.29, 0.717) is 14.8 Å². The minimum Gasteiger partial charge on any atom is -0.507 e. The van der Waals surface area contributed by atoms with Crippen molar-refractivity contribution in [3.05, 3.63) is 51.0 Å². The highest BCUT2D eigenvalue weighted by Gasteiger charge is 2.13. The van der Waals surface area contributed by atoms with Crippen molar-refractivity contribution in [2.24, 2.45) is 0 Å². The van der Waals surface area contributed by atoms with Gasteiger partial charge in [-0.1, -0.05) is 15.9 Å².